The first kappa shape index (κ1) is 15.1. The van der Waals surface area contributed by atoms with Crippen LogP contribution in [-0.2, 0) is 9.53 Å². The van der Waals surface area contributed by atoms with Gasteiger partial charge >= 0.3 is 5.97 Å². The van der Waals surface area contributed by atoms with Gasteiger partial charge < -0.3 is 24.6 Å². The molecule has 1 rings (SSSR count). The predicted octanol–water partition coefficient (Wildman–Crippen LogP) is 1.04. The molecule has 19 heavy (non-hydrogen) atoms. The van der Waals surface area contributed by atoms with E-state index in [9.17, 15) is 9.90 Å². The van der Waals surface area contributed by atoms with Crippen molar-refractivity contribution < 1.29 is 24.1 Å². The predicted molar refractivity (Wildman–Crippen MR) is 70.7 cm³/mol. The van der Waals surface area contributed by atoms with Crippen LogP contribution in [0.1, 0.15) is 6.92 Å². The fourth-order valence-corrected chi connectivity index (χ4v) is 1.51. The molecule has 0 bridgehead atoms. The maximum absolute atomic E-state index is 11.3. The summed E-state index contributed by atoms with van der Waals surface area (Å²) in [6, 6.07) is 5.20. The average molecular weight is 269 g/mol. The number of hydrogen-bond donors (Lipinski definition) is 2. The number of aliphatic hydroxyl groups is 1. The van der Waals surface area contributed by atoms with E-state index in [0.717, 1.165) is 0 Å². The van der Waals surface area contributed by atoms with Crippen molar-refractivity contribution in [3.8, 4) is 11.5 Å². The van der Waals surface area contributed by atoms with Crippen LogP contribution in [0, 0.1) is 0 Å². The average Bonchev–Trinajstić information content (AvgIpc) is 2.43. The number of carbonyl (C=O) groups is 1. The second-order valence-electron chi connectivity index (χ2n) is 4.19. The highest BCUT2D eigenvalue weighted by Gasteiger charge is 2.31. The van der Waals surface area contributed by atoms with Gasteiger partial charge in [-0.25, -0.2) is 4.79 Å². The standard InChI is InChI=1S/C13H19NO5/c1-13(16,12(15)19-4)8-14-9-5-6-10(17-2)11(7-9)18-3/h5-7,14,16H,8H2,1-4H3. The van der Waals surface area contributed by atoms with Crippen molar-refractivity contribution in [2.45, 2.75) is 12.5 Å². The Hall–Kier alpha value is -1.95. The van der Waals surface area contributed by atoms with Gasteiger partial charge in [-0.15, -0.1) is 0 Å². The van der Waals surface area contributed by atoms with Gasteiger partial charge in [-0.3, -0.25) is 0 Å². The molecule has 6 heteroatoms. The Bertz CT molecular complexity index is 445. The second kappa shape index (κ2) is 6.29. The molecule has 0 aliphatic rings. The summed E-state index contributed by atoms with van der Waals surface area (Å²) in [6.45, 7) is 1.40. The summed E-state index contributed by atoms with van der Waals surface area (Å²) >= 11 is 0. The van der Waals surface area contributed by atoms with E-state index in [1.807, 2.05) is 0 Å². The minimum atomic E-state index is -1.60. The molecule has 0 aromatic heterocycles. The lowest BCUT2D eigenvalue weighted by Crippen LogP contribution is -2.42. The highest BCUT2D eigenvalue weighted by Crippen LogP contribution is 2.29. The van der Waals surface area contributed by atoms with E-state index < -0.39 is 11.6 Å². The summed E-state index contributed by atoms with van der Waals surface area (Å²) in [4.78, 5) is 11.3. The third kappa shape index (κ3) is 3.75. The molecule has 0 aliphatic carbocycles. The smallest absolute Gasteiger partial charge is 0.339 e. The monoisotopic (exact) mass is 269 g/mol. The van der Waals surface area contributed by atoms with Gasteiger partial charge in [-0.2, -0.15) is 0 Å². The Kier molecular flexibility index (Phi) is 5.00. The largest absolute Gasteiger partial charge is 0.493 e. The molecule has 0 spiro atoms. The van der Waals surface area contributed by atoms with Gasteiger partial charge in [0.05, 0.1) is 27.9 Å². The van der Waals surface area contributed by atoms with Gasteiger partial charge in [0.1, 0.15) is 0 Å². The molecule has 0 radical (unpaired) electrons. The van der Waals surface area contributed by atoms with E-state index in [2.05, 4.69) is 10.1 Å². The number of rotatable bonds is 6. The zero-order valence-electron chi connectivity index (χ0n) is 11.5. The summed E-state index contributed by atoms with van der Waals surface area (Å²) in [7, 11) is 4.31. The Balaban J connectivity index is 2.76. The normalized spacial score (nSPS) is 13.3. The van der Waals surface area contributed by atoms with Gasteiger partial charge in [-0.1, -0.05) is 0 Å². The highest BCUT2D eigenvalue weighted by molar-refractivity contribution is 5.79. The SMILES string of the molecule is COC(=O)C(C)(O)CNc1ccc(OC)c(OC)c1. The molecule has 1 unspecified atom stereocenters. The van der Waals surface area contributed by atoms with Gasteiger partial charge in [-0.05, 0) is 19.1 Å². The molecule has 6 nitrogen and oxygen atoms in total. The number of esters is 1. The molecular formula is C13H19NO5. The molecule has 1 aromatic rings. The van der Waals surface area contributed by atoms with Crippen LogP contribution in [0.4, 0.5) is 5.69 Å². The van der Waals surface area contributed by atoms with Crippen molar-refractivity contribution in [1.82, 2.24) is 0 Å². The number of hydrogen-bond acceptors (Lipinski definition) is 6. The lowest BCUT2D eigenvalue weighted by atomic mass is 10.1. The van der Waals surface area contributed by atoms with Crippen LogP contribution >= 0.6 is 0 Å². The van der Waals surface area contributed by atoms with Crippen LogP contribution in [0.3, 0.4) is 0 Å². The lowest BCUT2D eigenvalue weighted by Gasteiger charge is -2.21. The minimum absolute atomic E-state index is 0.0230. The first-order valence-electron chi connectivity index (χ1n) is 5.71. The summed E-state index contributed by atoms with van der Waals surface area (Å²) < 4.78 is 14.8. The molecule has 1 atom stereocenters. The van der Waals surface area contributed by atoms with E-state index in [1.54, 1.807) is 25.3 Å². The van der Waals surface area contributed by atoms with Crippen LogP contribution in [0.15, 0.2) is 18.2 Å². The highest BCUT2D eigenvalue weighted by atomic mass is 16.5. The maximum atomic E-state index is 11.3. The third-order valence-electron chi connectivity index (χ3n) is 2.65. The number of nitrogens with one attached hydrogen (secondary N) is 1. The summed E-state index contributed by atoms with van der Waals surface area (Å²) in [5.41, 5.74) is -0.899. The molecular weight excluding hydrogens is 250 g/mol. The van der Waals surface area contributed by atoms with E-state index in [4.69, 9.17) is 9.47 Å². The van der Waals surface area contributed by atoms with Crippen molar-refractivity contribution in [2.24, 2.45) is 0 Å². The molecule has 2 N–H and O–H groups in total. The minimum Gasteiger partial charge on any atom is -0.493 e. The van der Waals surface area contributed by atoms with Crippen LogP contribution in [0.2, 0.25) is 0 Å². The Labute approximate surface area is 112 Å². The number of methoxy groups -OCH3 is 3. The first-order chi connectivity index (χ1) is 8.94. The van der Waals surface area contributed by atoms with Crippen molar-refractivity contribution in [1.29, 1.82) is 0 Å². The summed E-state index contributed by atoms with van der Waals surface area (Å²) in [6.07, 6.45) is 0. The maximum Gasteiger partial charge on any atom is 0.339 e. The molecule has 0 saturated heterocycles. The van der Waals surface area contributed by atoms with E-state index in [1.165, 1.54) is 21.1 Å². The fraction of sp³-hybridized carbons (Fsp3) is 0.462. The Morgan fingerprint density at radius 3 is 2.42 bits per heavy atom. The number of anilines is 1. The molecule has 1 aromatic carbocycles. The fourth-order valence-electron chi connectivity index (χ4n) is 1.51. The summed E-state index contributed by atoms with van der Waals surface area (Å²) in [5, 5.41) is 12.8. The number of benzene rings is 1. The Morgan fingerprint density at radius 2 is 1.89 bits per heavy atom. The van der Waals surface area contributed by atoms with Crippen molar-refractivity contribution in [3.63, 3.8) is 0 Å². The van der Waals surface area contributed by atoms with Crippen molar-refractivity contribution in [3.05, 3.63) is 18.2 Å². The molecule has 0 heterocycles. The topological polar surface area (TPSA) is 77.0 Å². The van der Waals surface area contributed by atoms with Crippen LogP contribution in [-0.4, -0.2) is 44.6 Å². The van der Waals surface area contributed by atoms with Gasteiger partial charge in [0.15, 0.2) is 17.1 Å². The molecule has 0 amide bonds. The van der Waals surface area contributed by atoms with E-state index in [-0.39, 0.29) is 6.54 Å². The van der Waals surface area contributed by atoms with E-state index >= 15 is 0 Å². The third-order valence-corrected chi connectivity index (χ3v) is 2.65. The van der Waals surface area contributed by atoms with Crippen LogP contribution < -0.4 is 14.8 Å². The van der Waals surface area contributed by atoms with Crippen molar-refractivity contribution in [2.75, 3.05) is 33.2 Å². The molecule has 0 saturated carbocycles. The van der Waals surface area contributed by atoms with Gasteiger partial charge in [0.25, 0.3) is 0 Å². The van der Waals surface area contributed by atoms with Crippen LogP contribution in [0.5, 0.6) is 11.5 Å². The first-order valence-corrected chi connectivity index (χ1v) is 5.71. The second-order valence-corrected chi connectivity index (χ2v) is 4.19. The Morgan fingerprint density at radius 1 is 1.26 bits per heavy atom. The zero-order valence-corrected chi connectivity index (χ0v) is 11.5. The molecule has 0 fully saturated rings. The lowest BCUT2D eigenvalue weighted by molar-refractivity contribution is -0.158. The molecule has 106 valence electrons. The van der Waals surface area contributed by atoms with Crippen LogP contribution in [0.25, 0.3) is 0 Å². The summed E-state index contributed by atoms with van der Waals surface area (Å²) in [5.74, 6) is 0.471. The number of ether oxygens (including phenoxy) is 3. The van der Waals surface area contributed by atoms with Gasteiger partial charge in [0, 0.05) is 11.8 Å². The quantitative estimate of drug-likeness (QED) is 0.751. The zero-order chi connectivity index (χ0) is 14.5. The van der Waals surface area contributed by atoms with Gasteiger partial charge in [0.2, 0.25) is 0 Å². The molecule has 0 aliphatic heterocycles. The number of carbonyl (C=O) groups excluding carboxylic acids is 1. The van der Waals surface area contributed by atoms with Crippen molar-refractivity contribution >= 4 is 11.7 Å². The van der Waals surface area contributed by atoms with E-state index in [0.29, 0.717) is 17.2 Å².